The molecule has 0 atom stereocenters. The highest BCUT2D eigenvalue weighted by molar-refractivity contribution is 6.33. The molecule has 1 fully saturated rings. The third-order valence-corrected chi connectivity index (χ3v) is 3.78. The minimum absolute atomic E-state index is 0.119. The van der Waals surface area contributed by atoms with Gasteiger partial charge in [0.15, 0.2) is 0 Å². The summed E-state index contributed by atoms with van der Waals surface area (Å²) in [5.74, 6) is -0.0537. The van der Waals surface area contributed by atoms with E-state index >= 15 is 0 Å². The molecule has 110 valence electrons. The van der Waals surface area contributed by atoms with Crippen molar-refractivity contribution in [3.63, 3.8) is 0 Å². The fourth-order valence-electron chi connectivity index (χ4n) is 2.27. The van der Waals surface area contributed by atoms with Crippen LogP contribution >= 0.6 is 11.6 Å². The number of hydrogen-bond acceptors (Lipinski definition) is 3. The molecule has 0 amide bonds. The first-order valence-corrected chi connectivity index (χ1v) is 7.24. The number of benzene rings is 1. The number of ether oxygens (including phenoxy) is 1. The van der Waals surface area contributed by atoms with Gasteiger partial charge in [0.2, 0.25) is 0 Å². The Morgan fingerprint density at radius 3 is 2.62 bits per heavy atom. The summed E-state index contributed by atoms with van der Waals surface area (Å²) in [7, 11) is 0. The normalized spacial score (nSPS) is 14.2. The molecule has 1 aromatic heterocycles. The first-order valence-electron chi connectivity index (χ1n) is 6.86. The fraction of sp³-hybridized carbons (Fsp3) is 0.333. The zero-order valence-corrected chi connectivity index (χ0v) is 12.3. The molecule has 1 saturated carbocycles. The molecule has 1 heterocycles. The molecule has 1 aliphatic carbocycles. The van der Waals surface area contributed by atoms with Crippen LogP contribution in [0.15, 0.2) is 24.3 Å². The molecule has 0 spiro atoms. The van der Waals surface area contributed by atoms with Crippen LogP contribution in [0.1, 0.15) is 41.7 Å². The predicted octanol–water partition coefficient (Wildman–Crippen LogP) is 3.50. The van der Waals surface area contributed by atoms with E-state index in [4.69, 9.17) is 16.3 Å². The van der Waals surface area contributed by atoms with Crippen LogP contribution in [-0.4, -0.2) is 27.5 Å². The summed E-state index contributed by atoms with van der Waals surface area (Å²) in [6, 6.07) is 7.25. The highest BCUT2D eigenvalue weighted by atomic mass is 35.5. The lowest BCUT2D eigenvalue weighted by atomic mass is 10.2. The molecule has 6 heteroatoms. The summed E-state index contributed by atoms with van der Waals surface area (Å²) >= 11 is 6.22. The standard InChI is InChI=1S/C15H15ClN2O3/c1-2-21-11-7-5-10(6-8-11)18-14(16)12(15(19)20)13(17-18)9-3-4-9/h5-9H,2-4H2,1H3,(H,19,20). The van der Waals surface area contributed by atoms with Gasteiger partial charge in [0, 0.05) is 5.92 Å². The van der Waals surface area contributed by atoms with Gasteiger partial charge in [-0.25, -0.2) is 9.48 Å². The summed E-state index contributed by atoms with van der Waals surface area (Å²) in [5, 5.41) is 13.9. The molecule has 0 unspecified atom stereocenters. The predicted molar refractivity (Wildman–Crippen MR) is 78.7 cm³/mol. The summed E-state index contributed by atoms with van der Waals surface area (Å²) in [6.45, 7) is 2.51. The van der Waals surface area contributed by atoms with E-state index in [0.717, 1.165) is 24.3 Å². The summed E-state index contributed by atoms with van der Waals surface area (Å²) in [4.78, 5) is 11.4. The van der Waals surface area contributed by atoms with Crippen molar-refractivity contribution in [1.82, 2.24) is 9.78 Å². The van der Waals surface area contributed by atoms with E-state index in [2.05, 4.69) is 5.10 Å². The molecule has 5 nitrogen and oxygen atoms in total. The number of aromatic carboxylic acids is 1. The third kappa shape index (κ3) is 2.61. The summed E-state index contributed by atoms with van der Waals surface area (Å²) in [5.41, 5.74) is 1.42. The average Bonchev–Trinajstić information content (AvgIpc) is 3.24. The van der Waals surface area contributed by atoms with Crippen LogP contribution in [0.25, 0.3) is 5.69 Å². The van der Waals surface area contributed by atoms with Gasteiger partial charge in [-0.2, -0.15) is 5.10 Å². The van der Waals surface area contributed by atoms with Gasteiger partial charge < -0.3 is 9.84 Å². The monoisotopic (exact) mass is 306 g/mol. The Morgan fingerprint density at radius 2 is 2.10 bits per heavy atom. The number of aromatic nitrogens is 2. The van der Waals surface area contributed by atoms with Crippen LogP contribution in [0, 0.1) is 0 Å². The van der Waals surface area contributed by atoms with Crippen LogP contribution in [0.5, 0.6) is 5.75 Å². The number of carbonyl (C=O) groups is 1. The fourth-order valence-corrected chi connectivity index (χ4v) is 2.59. The first kappa shape index (κ1) is 13.9. The van der Waals surface area contributed by atoms with Gasteiger partial charge in [-0.1, -0.05) is 11.6 Å². The summed E-state index contributed by atoms with van der Waals surface area (Å²) in [6.07, 6.45) is 1.94. The third-order valence-electron chi connectivity index (χ3n) is 3.43. The van der Waals surface area contributed by atoms with E-state index in [1.165, 1.54) is 4.68 Å². The quantitative estimate of drug-likeness (QED) is 0.918. The zero-order valence-electron chi connectivity index (χ0n) is 11.5. The van der Waals surface area contributed by atoms with E-state index in [0.29, 0.717) is 12.3 Å². The molecule has 1 N–H and O–H groups in total. The molecule has 0 saturated heterocycles. The van der Waals surface area contributed by atoms with Crippen molar-refractivity contribution >= 4 is 17.6 Å². The molecule has 0 radical (unpaired) electrons. The molecule has 1 aromatic carbocycles. The maximum atomic E-state index is 11.4. The van der Waals surface area contributed by atoms with E-state index in [1.54, 1.807) is 0 Å². The molecule has 1 aliphatic rings. The topological polar surface area (TPSA) is 64.4 Å². The first-order chi connectivity index (χ1) is 10.1. The lowest BCUT2D eigenvalue weighted by Crippen LogP contribution is -2.00. The van der Waals surface area contributed by atoms with Crippen LogP contribution in [0.2, 0.25) is 5.15 Å². The molecule has 0 aliphatic heterocycles. The molecule has 21 heavy (non-hydrogen) atoms. The molecular weight excluding hydrogens is 292 g/mol. The van der Waals surface area contributed by atoms with Crippen LogP contribution in [-0.2, 0) is 0 Å². The van der Waals surface area contributed by atoms with Gasteiger partial charge in [-0.3, -0.25) is 0 Å². The minimum Gasteiger partial charge on any atom is -0.494 e. The van der Waals surface area contributed by atoms with Crippen molar-refractivity contribution in [3.05, 3.63) is 40.7 Å². The highest BCUT2D eigenvalue weighted by Gasteiger charge is 2.34. The van der Waals surface area contributed by atoms with E-state index in [9.17, 15) is 9.90 Å². The Balaban J connectivity index is 2.01. The van der Waals surface area contributed by atoms with Gasteiger partial charge in [0.05, 0.1) is 18.0 Å². The number of halogens is 1. The van der Waals surface area contributed by atoms with Gasteiger partial charge in [0.1, 0.15) is 16.5 Å². The van der Waals surface area contributed by atoms with E-state index in [-0.39, 0.29) is 16.6 Å². The number of carboxylic acids is 1. The Hall–Kier alpha value is -2.01. The van der Waals surface area contributed by atoms with Crippen molar-refractivity contribution in [2.24, 2.45) is 0 Å². The average molecular weight is 307 g/mol. The second-order valence-electron chi connectivity index (χ2n) is 4.97. The molecule has 3 rings (SSSR count). The zero-order chi connectivity index (χ0) is 15.0. The Bertz CT molecular complexity index is 675. The summed E-state index contributed by atoms with van der Waals surface area (Å²) < 4.78 is 6.87. The second-order valence-corrected chi connectivity index (χ2v) is 5.33. The lowest BCUT2D eigenvalue weighted by molar-refractivity contribution is 0.0696. The Labute approximate surface area is 127 Å². The molecule has 2 aromatic rings. The SMILES string of the molecule is CCOc1ccc(-n2nc(C3CC3)c(C(=O)O)c2Cl)cc1. The number of carboxylic acid groups (broad SMARTS) is 1. The number of rotatable bonds is 5. The maximum Gasteiger partial charge on any atom is 0.340 e. The Morgan fingerprint density at radius 1 is 1.43 bits per heavy atom. The van der Waals surface area contributed by atoms with Crippen molar-refractivity contribution in [2.45, 2.75) is 25.7 Å². The minimum atomic E-state index is -1.03. The van der Waals surface area contributed by atoms with Crippen LogP contribution in [0.3, 0.4) is 0 Å². The van der Waals surface area contributed by atoms with Gasteiger partial charge in [-0.15, -0.1) is 0 Å². The highest BCUT2D eigenvalue weighted by Crippen LogP contribution is 2.43. The maximum absolute atomic E-state index is 11.4. The molecule has 0 bridgehead atoms. The van der Waals surface area contributed by atoms with E-state index < -0.39 is 5.97 Å². The van der Waals surface area contributed by atoms with Gasteiger partial charge in [0.25, 0.3) is 0 Å². The smallest absolute Gasteiger partial charge is 0.340 e. The van der Waals surface area contributed by atoms with Crippen LogP contribution in [0.4, 0.5) is 0 Å². The van der Waals surface area contributed by atoms with Crippen LogP contribution < -0.4 is 4.74 Å². The largest absolute Gasteiger partial charge is 0.494 e. The number of nitrogens with zero attached hydrogens (tertiary/aromatic N) is 2. The van der Waals surface area contributed by atoms with Crippen molar-refractivity contribution in [1.29, 1.82) is 0 Å². The van der Waals surface area contributed by atoms with Crippen molar-refractivity contribution in [3.8, 4) is 11.4 Å². The molecular formula is C15H15ClN2O3. The van der Waals surface area contributed by atoms with E-state index in [1.807, 2.05) is 31.2 Å². The van der Waals surface area contributed by atoms with Gasteiger partial charge in [-0.05, 0) is 44.0 Å². The van der Waals surface area contributed by atoms with Crippen molar-refractivity contribution in [2.75, 3.05) is 6.61 Å². The second kappa shape index (κ2) is 5.41. The van der Waals surface area contributed by atoms with Crippen molar-refractivity contribution < 1.29 is 14.6 Å². The van der Waals surface area contributed by atoms with Gasteiger partial charge >= 0.3 is 5.97 Å². The Kier molecular flexibility index (Phi) is 3.59. The number of hydrogen-bond donors (Lipinski definition) is 1. The lowest BCUT2D eigenvalue weighted by Gasteiger charge is -2.06.